The van der Waals surface area contributed by atoms with Crippen LogP contribution in [0.3, 0.4) is 0 Å². The smallest absolute Gasteiger partial charge is 0.238 e. The fourth-order valence-corrected chi connectivity index (χ4v) is 2.48. The highest BCUT2D eigenvalue weighted by molar-refractivity contribution is 7.89. The maximum Gasteiger partial charge on any atom is 0.238 e. The first kappa shape index (κ1) is 17.6. The van der Waals surface area contributed by atoms with Crippen LogP contribution in [0.4, 0.5) is 10.1 Å². The molecule has 0 saturated heterocycles. The fourth-order valence-electron chi connectivity index (χ4n) is 1.91. The number of amides is 1. The third kappa shape index (κ3) is 6.68. The number of benzene rings is 1. The van der Waals surface area contributed by atoms with Crippen LogP contribution in [0.1, 0.15) is 45.4 Å². The second kappa shape index (κ2) is 8.09. The third-order valence-corrected chi connectivity index (χ3v) is 3.88. The summed E-state index contributed by atoms with van der Waals surface area (Å²) < 4.78 is 35.7. The molecule has 118 valence electrons. The van der Waals surface area contributed by atoms with E-state index in [1.807, 2.05) is 0 Å². The van der Waals surface area contributed by atoms with Gasteiger partial charge in [-0.1, -0.05) is 32.6 Å². The first-order valence-electron chi connectivity index (χ1n) is 6.96. The molecular weight excluding hydrogens is 295 g/mol. The maximum atomic E-state index is 13.3. The van der Waals surface area contributed by atoms with E-state index in [1.165, 1.54) is 0 Å². The number of primary sulfonamides is 1. The number of anilines is 1. The van der Waals surface area contributed by atoms with Crippen molar-refractivity contribution in [2.75, 3.05) is 5.32 Å². The van der Waals surface area contributed by atoms with Gasteiger partial charge < -0.3 is 5.32 Å². The van der Waals surface area contributed by atoms with Gasteiger partial charge in [-0.05, 0) is 24.6 Å². The van der Waals surface area contributed by atoms with Crippen LogP contribution >= 0.6 is 0 Å². The van der Waals surface area contributed by atoms with Crippen LogP contribution in [0.25, 0.3) is 0 Å². The van der Waals surface area contributed by atoms with E-state index in [2.05, 4.69) is 12.2 Å². The molecule has 0 atom stereocenters. The average Bonchev–Trinajstić information content (AvgIpc) is 2.36. The zero-order chi connectivity index (χ0) is 15.9. The van der Waals surface area contributed by atoms with Gasteiger partial charge in [0.05, 0.1) is 4.90 Å². The lowest BCUT2D eigenvalue weighted by molar-refractivity contribution is -0.116. The lowest BCUT2D eigenvalue weighted by atomic mass is 10.1. The van der Waals surface area contributed by atoms with Gasteiger partial charge in [0.2, 0.25) is 15.9 Å². The molecule has 0 unspecified atom stereocenters. The van der Waals surface area contributed by atoms with E-state index < -0.39 is 15.8 Å². The second-order valence-electron chi connectivity index (χ2n) is 4.93. The number of halogens is 1. The number of hydrogen-bond acceptors (Lipinski definition) is 3. The van der Waals surface area contributed by atoms with Crippen molar-refractivity contribution in [2.24, 2.45) is 5.14 Å². The Morgan fingerprint density at radius 1 is 1.19 bits per heavy atom. The standard InChI is InChI=1S/C14H21FN2O3S/c1-2-3-4-5-6-7-14(18)17-12-8-11(15)9-13(10-12)21(16,19)20/h8-10H,2-7H2,1H3,(H,17,18)(H2,16,19,20). The molecule has 0 aliphatic carbocycles. The van der Waals surface area contributed by atoms with Crippen LogP contribution in [0.5, 0.6) is 0 Å². The Balaban J connectivity index is 2.58. The van der Waals surface area contributed by atoms with E-state index in [4.69, 9.17) is 5.14 Å². The summed E-state index contributed by atoms with van der Waals surface area (Å²) in [6.45, 7) is 2.11. The highest BCUT2D eigenvalue weighted by Crippen LogP contribution is 2.17. The van der Waals surface area contributed by atoms with Crippen LogP contribution < -0.4 is 10.5 Å². The fraction of sp³-hybridized carbons (Fsp3) is 0.500. The van der Waals surface area contributed by atoms with Crippen molar-refractivity contribution in [1.82, 2.24) is 0 Å². The molecule has 0 aromatic heterocycles. The van der Waals surface area contributed by atoms with Gasteiger partial charge in [-0.2, -0.15) is 0 Å². The minimum absolute atomic E-state index is 0.0950. The first-order valence-corrected chi connectivity index (χ1v) is 8.51. The Labute approximate surface area is 124 Å². The van der Waals surface area contributed by atoms with E-state index in [1.54, 1.807) is 0 Å². The summed E-state index contributed by atoms with van der Waals surface area (Å²) in [6, 6.07) is 3.02. The third-order valence-electron chi connectivity index (χ3n) is 2.99. The molecule has 0 aliphatic rings. The number of carbonyl (C=O) groups excluding carboxylic acids is 1. The summed E-state index contributed by atoms with van der Waals surface area (Å²) in [5, 5.41) is 7.43. The van der Waals surface area contributed by atoms with Crippen LogP contribution in [0.2, 0.25) is 0 Å². The molecule has 0 aliphatic heterocycles. The van der Waals surface area contributed by atoms with Gasteiger partial charge in [0, 0.05) is 12.1 Å². The molecule has 0 bridgehead atoms. The first-order chi connectivity index (χ1) is 9.82. The van der Waals surface area contributed by atoms with Gasteiger partial charge >= 0.3 is 0 Å². The molecule has 1 amide bonds. The molecule has 0 spiro atoms. The zero-order valence-electron chi connectivity index (χ0n) is 12.1. The van der Waals surface area contributed by atoms with Gasteiger partial charge in [0.15, 0.2) is 0 Å². The Hall–Kier alpha value is -1.47. The number of hydrogen-bond donors (Lipinski definition) is 2. The summed E-state index contributed by atoms with van der Waals surface area (Å²) >= 11 is 0. The SMILES string of the molecule is CCCCCCCC(=O)Nc1cc(F)cc(S(N)(=O)=O)c1. The number of unbranched alkanes of at least 4 members (excludes halogenated alkanes) is 4. The van der Waals surface area contributed by atoms with E-state index in [0.717, 1.165) is 50.3 Å². The normalized spacial score (nSPS) is 11.4. The summed E-state index contributed by atoms with van der Waals surface area (Å²) in [7, 11) is -4.00. The number of rotatable bonds is 8. The van der Waals surface area contributed by atoms with Crippen LogP contribution in [0.15, 0.2) is 23.1 Å². The molecule has 1 rings (SSSR count). The largest absolute Gasteiger partial charge is 0.326 e. The second-order valence-corrected chi connectivity index (χ2v) is 6.49. The Kier molecular flexibility index (Phi) is 6.77. The predicted octanol–water partition coefficient (Wildman–Crippen LogP) is 2.77. The quantitative estimate of drug-likeness (QED) is 0.723. The maximum absolute atomic E-state index is 13.3. The Morgan fingerprint density at radius 3 is 2.48 bits per heavy atom. The van der Waals surface area contributed by atoms with Crippen molar-refractivity contribution >= 4 is 21.6 Å². The lowest BCUT2D eigenvalue weighted by Gasteiger charge is -2.07. The molecule has 21 heavy (non-hydrogen) atoms. The van der Waals surface area contributed by atoms with Gasteiger partial charge in [0.25, 0.3) is 0 Å². The van der Waals surface area contributed by atoms with E-state index >= 15 is 0 Å². The Morgan fingerprint density at radius 2 is 1.86 bits per heavy atom. The molecular formula is C14H21FN2O3S. The highest BCUT2D eigenvalue weighted by Gasteiger charge is 2.12. The summed E-state index contributed by atoms with van der Waals surface area (Å²) in [5.41, 5.74) is 0.0950. The van der Waals surface area contributed by atoms with Crippen molar-refractivity contribution in [2.45, 2.75) is 50.3 Å². The van der Waals surface area contributed by atoms with Crippen molar-refractivity contribution in [3.63, 3.8) is 0 Å². The highest BCUT2D eigenvalue weighted by atomic mass is 32.2. The zero-order valence-corrected chi connectivity index (χ0v) is 12.9. The molecule has 0 heterocycles. The molecule has 3 N–H and O–H groups in total. The van der Waals surface area contributed by atoms with E-state index in [-0.39, 0.29) is 16.5 Å². The van der Waals surface area contributed by atoms with E-state index in [0.29, 0.717) is 6.42 Å². The van der Waals surface area contributed by atoms with Crippen molar-refractivity contribution < 1.29 is 17.6 Å². The summed E-state index contributed by atoms with van der Waals surface area (Å²) in [4.78, 5) is 11.3. The van der Waals surface area contributed by atoms with Crippen LogP contribution in [-0.4, -0.2) is 14.3 Å². The molecule has 1 aromatic carbocycles. The summed E-state index contributed by atoms with van der Waals surface area (Å²) in [6.07, 6.45) is 5.40. The lowest BCUT2D eigenvalue weighted by Crippen LogP contribution is -2.15. The minimum Gasteiger partial charge on any atom is -0.326 e. The average molecular weight is 316 g/mol. The predicted molar refractivity (Wildman–Crippen MR) is 79.8 cm³/mol. The van der Waals surface area contributed by atoms with Gasteiger partial charge in [-0.3, -0.25) is 4.79 Å². The minimum atomic E-state index is -4.00. The van der Waals surface area contributed by atoms with Gasteiger partial charge in [-0.15, -0.1) is 0 Å². The van der Waals surface area contributed by atoms with Crippen LogP contribution in [0, 0.1) is 5.82 Å². The number of nitrogens with two attached hydrogens (primary N) is 1. The van der Waals surface area contributed by atoms with Crippen LogP contribution in [-0.2, 0) is 14.8 Å². The number of nitrogens with one attached hydrogen (secondary N) is 1. The monoisotopic (exact) mass is 316 g/mol. The molecule has 1 aromatic rings. The Bertz CT molecular complexity index is 588. The molecule has 5 nitrogen and oxygen atoms in total. The number of sulfonamides is 1. The van der Waals surface area contributed by atoms with Gasteiger partial charge in [0.1, 0.15) is 5.82 Å². The van der Waals surface area contributed by atoms with Crippen molar-refractivity contribution in [3.05, 3.63) is 24.0 Å². The molecule has 0 radical (unpaired) electrons. The molecule has 0 saturated carbocycles. The summed E-state index contributed by atoms with van der Waals surface area (Å²) in [5.74, 6) is -1.03. The van der Waals surface area contributed by atoms with Crippen molar-refractivity contribution in [3.8, 4) is 0 Å². The van der Waals surface area contributed by atoms with Gasteiger partial charge in [-0.25, -0.2) is 17.9 Å². The van der Waals surface area contributed by atoms with Crippen molar-refractivity contribution in [1.29, 1.82) is 0 Å². The number of carbonyl (C=O) groups is 1. The van der Waals surface area contributed by atoms with E-state index in [9.17, 15) is 17.6 Å². The molecule has 0 fully saturated rings. The topological polar surface area (TPSA) is 89.3 Å². The molecule has 7 heteroatoms.